The molecule has 10 nitrogen and oxygen atoms in total. The van der Waals surface area contributed by atoms with Crippen LogP contribution in [0.5, 0.6) is 11.5 Å². The molecule has 1 aromatic rings. The lowest BCUT2D eigenvalue weighted by Crippen LogP contribution is -2.59. The summed E-state index contributed by atoms with van der Waals surface area (Å²) in [6, 6.07) is 4.01. The van der Waals surface area contributed by atoms with Gasteiger partial charge in [0.25, 0.3) is 0 Å². The number of benzene rings is 1. The molecule has 28 heavy (non-hydrogen) atoms. The number of esters is 2. The zero-order valence-electron chi connectivity index (χ0n) is 16.5. The number of carbonyl (C=O) groups excluding carboxylic acids is 3. The monoisotopic (exact) mass is 398 g/mol. The Morgan fingerprint density at radius 1 is 1.04 bits per heavy atom. The normalized spacial score (nSPS) is 13.2. The largest absolute Gasteiger partial charge is 0.504 e. The van der Waals surface area contributed by atoms with E-state index < -0.39 is 36.0 Å². The maximum atomic E-state index is 12.5. The fourth-order valence-corrected chi connectivity index (χ4v) is 2.07. The van der Waals surface area contributed by atoms with Gasteiger partial charge >= 0.3 is 18.0 Å². The van der Waals surface area contributed by atoms with Gasteiger partial charge in [-0.05, 0) is 45.4 Å². The van der Waals surface area contributed by atoms with E-state index in [1.54, 1.807) is 20.8 Å². The summed E-state index contributed by atoms with van der Waals surface area (Å²) < 4.78 is 14.6. The van der Waals surface area contributed by atoms with Gasteiger partial charge in [-0.1, -0.05) is 6.07 Å². The Morgan fingerprint density at radius 2 is 1.68 bits per heavy atom. The minimum Gasteiger partial charge on any atom is -0.504 e. The van der Waals surface area contributed by atoms with Crippen molar-refractivity contribution in [2.24, 2.45) is 0 Å². The van der Waals surface area contributed by atoms with E-state index in [9.17, 15) is 24.6 Å². The second-order valence-electron chi connectivity index (χ2n) is 7.27. The fraction of sp³-hybridized carbons (Fsp3) is 0.500. The number of hydrogen-bond donors (Lipinski definition) is 4. The minimum atomic E-state index is -1.51. The molecule has 0 fully saturated rings. The molecule has 1 amide bonds. The Morgan fingerprint density at radius 3 is 2.21 bits per heavy atom. The third kappa shape index (κ3) is 7.70. The highest BCUT2D eigenvalue weighted by Gasteiger charge is 2.36. The van der Waals surface area contributed by atoms with Crippen LogP contribution in [0.2, 0.25) is 0 Å². The SMILES string of the molecule is CC(=O)OCOC(=O)C(C)(Cc1ccc(O)c(O)c1)NNC(=O)OC(C)(C)C. The highest BCUT2D eigenvalue weighted by molar-refractivity contribution is 5.81. The van der Waals surface area contributed by atoms with E-state index in [0.29, 0.717) is 5.56 Å². The van der Waals surface area contributed by atoms with Crippen molar-refractivity contribution in [2.45, 2.75) is 52.2 Å². The van der Waals surface area contributed by atoms with Gasteiger partial charge in [-0.15, -0.1) is 0 Å². The Balaban J connectivity index is 2.93. The number of nitrogens with one attached hydrogen (secondary N) is 2. The van der Waals surface area contributed by atoms with E-state index >= 15 is 0 Å². The average Bonchev–Trinajstić information content (AvgIpc) is 2.54. The number of phenols is 2. The lowest BCUT2D eigenvalue weighted by molar-refractivity contribution is -0.170. The maximum Gasteiger partial charge on any atom is 0.422 e. The second kappa shape index (κ2) is 9.27. The fourth-order valence-electron chi connectivity index (χ4n) is 2.07. The predicted molar refractivity (Wildman–Crippen MR) is 97.1 cm³/mol. The molecule has 1 rings (SSSR count). The lowest BCUT2D eigenvalue weighted by Gasteiger charge is -2.29. The number of amides is 1. The molecule has 0 aliphatic heterocycles. The zero-order valence-corrected chi connectivity index (χ0v) is 16.5. The predicted octanol–water partition coefficient (Wildman–Crippen LogP) is 1.49. The Hall–Kier alpha value is -3.01. The first-order valence-corrected chi connectivity index (χ1v) is 8.40. The molecule has 4 N–H and O–H groups in total. The zero-order chi connectivity index (χ0) is 21.5. The third-order valence-corrected chi connectivity index (χ3v) is 3.34. The second-order valence-corrected chi connectivity index (χ2v) is 7.27. The number of rotatable bonds is 7. The number of ether oxygens (including phenoxy) is 3. The van der Waals surface area contributed by atoms with Crippen molar-refractivity contribution in [3.63, 3.8) is 0 Å². The van der Waals surface area contributed by atoms with Gasteiger partial charge < -0.3 is 24.4 Å². The van der Waals surface area contributed by atoms with E-state index in [1.165, 1.54) is 25.1 Å². The average molecular weight is 398 g/mol. The van der Waals surface area contributed by atoms with Crippen molar-refractivity contribution in [1.82, 2.24) is 10.9 Å². The number of aromatic hydroxyl groups is 2. The van der Waals surface area contributed by atoms with E-state index in [0.717, 1.165) is 6.92 Å². The van der Waals surface area contributed by atoms with Crippen molar-refractivity contribution in [2.75, 3.05) is 6.79 Å². The Kier molecular flexibility index (Phi) is 7.62. The van der Waals surface area contributed by atoms with Crippen LogP contribution in [0.3, 0.4) is 0 Å². The highest BCUT2D eigenvalue weighted by atomic mass is 16.7. The van der Waals surface area contributed by atoms with Gasteiger partial charge in [-0.2, -0.15) is 0 Å². The molecule has 0 saturated carbocycles. The van der Waals surface area contributed by atoms with Crippen molar-refractivity contribution in [3.05, 3.63) is 23.8 Å². The van der Waals surface area contributed by atoms with Crippen molar-refractivity contribution in [1.29, 1.82) is 0 Å². The summed E-state index contributed by atoms with van der Waals surface area (Å²) in [5.41, 5.74) is 3.03. The molecule has 0 radical (unpaired) electrons. The van der Waals surface area contributed by atoms with E-state index in [2.05, 4.69) is 15.6 Å². The molecule has 1 aromatic carbocycles. The van der Waals surface area contributed by atoms with Crippen LogP contribution in [-0.4, -0.2) is 46.2 Å². The Labute approximate surface area is 162 Å². The van der Waals surface area contributed by atoms with E-state index in [1.807, 2.05) is 0 Å². The first-order valence-electron chi connectivity index (χ1n) is 8.40. The summed E-state index contributed by atoms with van der Waals surface area (Å²) in [4.78, 5) is 35.2. The van der Waals surface area contributed by atoms with Gasteiger partial charge in [0.1, 0.15) is 11.1 Å². The van der Waals surface area contributed by atoms with Crippen LogP contribution in [0, 0.1) is 0 Å². The van der Waals surface area contributed by atoms with Crippen molar-refractivity contribution in [3.8, 4) is 11.5 Å². The molecule has 10 heteroatoms. The first kappa shape index (κ1) is 23.0. The van der Waals surface area contributed by atoms with Crippen LogP contribution in [0.25, 0.3) is 0 Å². The topological polar surface area (TPSA) is 143 Å². The maximum absolute atomic E-state index is 12.5. The molecule has 1 unspecified atom stereocenters. The molecule has 0 aromatic heterocycles. The Bertz CT molecular complexity index is 729. The number of hydrazine groups is 1. The standard InChI is InChI=1S/C18H26N2O8/c1-11(21)26-10-27-15(24)18(5,20-19-16(25)28-17(2,3)4)9-12-6-7-13(22)14(23)8-12/h6-8,20,22-23H,9-10H2,1-5H3,(H,19,25). The highest BCUT2D eigenvalue weighted by Crippen LogP contribution is 2.27. The summed E-state index contributed by atoms with van der Waals surface area (Å²) in [6.07, 6.45) is -0.865. The molecule has 0 heterocycles. The van der Waals surface area contributed by atoms with Crippen LogP contribution in [0.1, 0.15) is 40.2 Å². The number of carbonyl (C=O) groups is 3. The van der Waals surface area contributed by atoms with Gasteiger partial charge in [-0.3, -0.25) is 10.2 Å². The quantitative estimate of drug-likeness (QED) is 0.232. The van der Waals surface area contributed by atoms with Crippen molar-refractivity contribution >= 4 is 18.0 Å². The van der Waals surface area contributed by atoms with Crippen molar-refractivity contribution < 1.29 is 38.8 Å². The number of phenolic OH excluding ortho intramolecular Hbond substituents is 2. The van der Waals surface area contributed by atoms with Crippen LogP contribution < -0.4 is 10.9 Å². The van der Waals surface area contributed by atoms with Crippen LogP contribution in [0.4, 0.5) is 4.79 Å². The molecule has 0 aliphatic rings. The number of hydrogen-bond acceptors (Lipinski definition) is 9. The molecule has 156 valence electrons. The summed E-state index contributed by atoms with van der Waals surface area (Å²) in [5, 5.41) is 19.1. The van der Waals surface area contributed by atoms with Gasteiger partial charge in [0.15, 0.2) is 11.5 Å². The molecule has 0 bridgehead atoms. The lowest BCUT2D eigenvalue weighted by atomic mass is 9.93. The smallest absolute Gasteiger partial charge is 0.422 e. The third-order valence-electron chi connectivity index (χ3n) is 3.34. The first-order chi connectivity index (χ1) is 12.8. The minimum absolute atomic E-state index is 0.0461. The summed E-state index contributed by atoms with van der Waals surface area (Å²) in [6.45, 7) is 7.03. The van der Waals surface area contributed by atoms with Gasteiger partial charge in [0, 0.05) is 13.3 Å². The van der Waals surface area contributed by atoms with Crippen LogP contribution in [0.15, 0.2) is 18.2 Å². The molecule has 1 atom stereocenters. The summed E-state index contributed by atoms with van der Waals surface area (Å²) in [5.74, 6) is -2.15. The summed E-state index contributed by atoms with van der Waals surface area (Å²) in [7, 11) is 0. The molecular formula is C18H26N2O8. The molecule has 0 saturated heterocycles. The van der Waals surface area contributed by atoms with Gasteiger partial charge in [0.05, 0.1) is 0 Å². The summed E-state index contributed by atoms with van der Waals surface area (Å²) >= 11 is 0. The van der Waals surface area contributed by atoms with E-state index in [-0.39, 0.29) is 17.9 Å². The van der Waals surface area contributed by atoms with Gasteiger partial charge in [0.2, 0.25) is 6.79 Å². The molecular weight excluding hydrogens is 372 g/mol. The molecule has 0 aliphatic carbocycles. The van der Waals surface area contributed by atoms with Crippen LogP contribution in [-0.2, 0) is 30.2 Å². The molecule has 0 spiro atoms. The van der Waals surface area contributed by atoms with E-state index in [4.69, 9.17) is 9.47 Å². The van der Waals surface area contributed by atoms with Crippen LogP contribution >= 0.6 is 0 Å². The van der Waals surface area contributed by atoms with Gasteiger partial charge in [-0.25, -0.2) is 15.0 Å².